The molecule has 1 heterocycles. The van der Waals surface area contributed by atoms with E-state index in [0.29, 0.717) is 25.6 Å². The predicted molar refractivity (Wildman–Crippen MR) is 77.7 cm³/mol. The Bertz CT molecular complexity index is 317. The summed E-state index contributed by atoms with van der Waals surface area (Å²) in [4.78, 5) is 24.6. The molecule has 0 aromatic heterocycles. The normalized spacial score (nSPS) is 17.5. The third-order valence-electron chi connectivity index (χ3n) is 3.80. The fourth-order valence-electron chi connectivity index (χ4n) is 2.52. The number of hydrogen-bond donors (Lipinski definition) is 3. The Balaban J connectivity index is 2.33. The highest BCUT2D eigenvalue weighted by Crippen LogP contribution is 2.12. The van der Waals surface area contributed by atoms with E-state index in [-0.39, 0.29) is 18.4 Å². The number of nitrogens with zero attached hydrogens (tertiary/aromatic N) is 1. The van der Waals surface area contributed by atoms with Gasteiger partial charge in [-0.2, -0.15) is 0 Å². The lowest BCUT2D eigenvalue weighted by atomic mass is 10.0. The Morgan fingerprint density at radius 1 is 1.40 bits per heavy atom. The molecule has 0 spiro atoms. The largest absolute Gasteiger partial charge is 0.481 e. The number of rotatable bonds is 7. The molecule has 1 rings (SSSR count). The second-order valence-corrected chi connectivity index (χ2v) is 5.49. The van der Waals surface area contributed by atoms with E-state index in [0.717, 1.165) is 25.9 Å². The number of carboxylic acid groups (broad SMARTS) is 1. The van der Waals surface area contributed by atoms with Crippen LogP contribution < -0.4 is 10.6 Å². The summed E-state index contributed by atoms with van der Waals surface area (Å²) in [5.74, 6) is -0.602. The number of urea groups is 1. The molecule has 1 saturated heterocycles. The summed E-state index contributed by atoms with van der Waals surface area (Å²) in [5.41, 5.74) is 0. The SMILES string of the molecule is CCN(C(=O)NCC(C)CCC(=O)O)C1CCNCC1. The highest BCUT2D eigenvalue weighted by atomic mass is 16.4. The van der Waals surface area contributed by atoms with Crippen LogP contribution in [0.5, 0.6) is 0 Å². The summed E-state index contributed by atoms with van der Waals surface area (Å²) >= 11 is 0. The minimum Gasteiger partial charge on any atom is -0.481 e. The van der Waals surface area contributed by atoms with Crippen molar-refractivity contribution in [1.82, 2.24) is 15.5 Å². The fourth-order valence-corrected chi connectivity index (χ4v) is 2.52. The molecule has 1 aliphatic heterocycles. The van der Waals surface area contributed by atoms with Crippen LogP contribution in [0.1, 0.15) is 39.5 Å². The van der Waals surface area contributed by atoms with Crippen molar-refractivity contribution in [3.63, 3.8) is 0 Å². The van der Waals surface area contributed by atoms with Crippen LogP contribution >= 0.6 is 0 Å². The lowest BCUT2D eigenvalue weighted by Gasteiger charge is -2.34. The Morgan fingerprint density at radius 2 is 2.05 bits per heavy atom. The molecule has 20 heavy (non-hydrogen) atoms. The third-order valence-corrected chi connectivity index (χ3v) is 3.80. The van der Waals surface area contributed by atoms with Crippen molar-refractivity contribution in [2.24, 2.45) is 5.92 Å². The van der Waals surface area contributed by atoms with Gasteiger partial charge in [-0.3, -0.25) is 4.79 Å². The molecular formula is C14H27N3O3. The molecule has 0 aromatic carbocycles. The maximum atomic E-state index is 12.2. The fraction of sp³-hybridized carbons (Fsp3) is 0.857. The van der Waals surface area contributed by atoms with E-state index in [2.05, 4.69) is 10.6 Å². The lowest BCUT2D eigenvalue weighted by Crippen LogP contribution is -2.50. The molecule has 0 aromatic rings. The van der Waals surface area contributed by atoms with Crippen molar-refractivity contribution < 1.29 is 14.7 Å². The van der Waals surface area contributed by atoms with Gasteiger partial charge in [0.2, 0.25) is 0 Å². The summed E-state index contributed by atoms with van der Waals surface area (Å²) in [6, 6.07) is 0.289. The zero-order chi connectivity index (χ0) is 15.0. The topological polar surface area (TPSA) is 81.7 Å². The van der Waals surface area contributed by atoms with E-state index in [1.165, 1.54) is 0 Å². The maximum absolute atomic E-state index is 12.2. The van der Waals surface area contributed by atoms with Gasteiger partial charge >= 0.3 is 12.0 Å². The number of nitrogens with one attached hydrogen (secondary N) is 2. The first-order chi connectivity index (χ1) is 9.54. The molecule has 0 aliphatic carbocycles. The van der Waals surface area contributed by atoms with Crippen LogP contribution in [0.15, 0.2) is 0 Å². The van der Waals surface area contributed by atoms with E-state index >= 15 is 0 Å². The van der Waals surface area contributed by atoms with E-state index in [4.69, 9.17) is 5.11 Å². The number of piperidine rings is 1. The molecule has 0 bridgehead atoms. The molecule has 1 fully saturated rings. The average molecular weight is 285 g/mol. The summed E-state index contributed by atoms with van der Waals surface area (Å²) in [6.45, 7) is 7.13. The quantitative estimate of drug-likeness (QED) is 0.658. The minimum atomic E-state index is -0.784. The van der Waals surface area contributed by atoms with Gasteiger partial charge in [-0.05, 0) is 45.2 Å². The molecule has 1 aliphatic rings. The van der Waals surface area contributed by atoms with Crippen LogP contribution in [0.4, 0.5) is 4.79 Å². The van der Waals surface area contributed by atoms with Crippen LogP contribution in [0, 0.1) is 5.92 Å². The van der Waals surface area contributed by atoms with Crippen LogP contribution in [0.2, 0.25) is 0 Å². The standard InChI is InChI=1S/C14H27N3O3/c1-3-17(12-6-8-15-9-7-12)14(20)16-10-11(2)4-5-13(18)19/h11-12,15H,3-10H2,1-2H3,(H,16,20)(H,18,19). The van der Waals surface area contributed by atoms with Gasteiger partial charge < -0.3 is 20.6 Å². The maximum Gasteiger partial charge on any atom is 0.317 e. The number of carbonyl (C=O) groups excluding carboxylic acids is 1. The number of aliphatic carboxylic acids is 1. The van der Waals surface area contributed by atoms with Crippen LogP contribution in [0.25, 0.3) is 0 Å². The number of hydrogen-bond acceptors (Lipinski definition) is 3. The van der Waals surface area contributed by atoms with E-state index in [9.17, 15) is 9.59 Å². The second-order valence-electron chi connectivity index (χ2n) is 5.49. The van der Waals surface area contributed by atoms with Crippen molar-refractivity contribution in [1.29, 1.82) is 0 Å². The number of carbonyl (C=O) groups is 2. The van der Waals surface area contributed by atoms with Crippen molar-refractivity contribution in [2.45, 2.75) is 45.6 Å². The molecule has 0 saturated carbocycles. The molecule has 116 valence electrons. The minimum absolute atomic E-state index is 0.0263. The van der Waals surface area contributed by atoms with Crippen molar-refractivity contribution in [2.75, 3.05) is 26.2 Å². The van der Waals surface area contributed by atoms with Gasteiger partial charge in [0.15, 0.2) is 0 Å². The van der Waals surface area contributed by atoms with Crippen LogP contribution in [-0.2, 0) is 4.79 Å². The van der Waals surface area contributed by atoms with Crippen molar-refractivity contribution >= 4 is 12.0 Å². The first kappa shape index (κ1) is 16.8. The van der Waals surface area contributed by atoms with Gasteiger partial charge in [-0.15, -0.1) is 0 Å². The Kier molecular flexibility index (Phi) is 7.36. The molecule has 6 nitrogen and oxygen atoms in total. The summed E-state index contributed by atoms with van der Waals surface area (Å²) in [7, 11) is 0. The van der Waals surface area contributed by atoms with Crippen molar-refractivity contribution in [3.05, 3.63) is 0 Å². The molecular weight excluding hydrogens is 258 g/mol. The Hall–Kier alpha value is -1.30. The summed E-state index contributed by atoms with van der Waals surface area (Å²) in [5, 5.41) is 14.9. The summed E-state index contributed by atoms with van der Waals surface area (Å²) < 4.78 is 0. The highest BCUT2D eigenvalue weighted by molar-refractivity contribution is 5.74. The molecule has 1 atom stereocenters. The first-order valence-electron chi connectivity index (χ1n) is 7.51. The number of amides is 2. The van der Waals surface area contributed by atoms with Gasteiger partial charge in [0.05, 0.1) is 0 Å². The second kappa shape index (κ2) is 8.79. The molecule has 1 unspecified atom stereocenters. The van der Waals surface area contributed by atoms with E-state index < -0.39 is 5.97 Å². The smallest absolute Gasteiger partial charge is 0.317 e. The van der Waals surface area contributed by atoms with Crippen molar-refractivity contribution in [3.8, 4) is 0 Å². The number of carboxylic acids is 1. The van der Waals surface area contributed by atoms with Crippen LogP contribution in [0.3, 0.4) is 0 Å². The van der Waals surface area contributed by atoms with Gasteiger partial charge in [0.25, 0.3) is 0 Å². The Labute approximate surface area is 120 Å². The zero-order valence-corrected chi connectivity index (χ0v) is 12.5. The average Bonchev–Trinajstić information content (AvgIpc) is 2.45. The van der Waals surface area contributed by atoms with Gasteiger partial charge in [-0.25, -0.2) is 4.79 Å². The molecule has 3 N–H and O–H groups in total. The third kappa shape index (κ3) is 5.77. The Morgan fingerprint density at radius 3 is 2.60 bits per heavy atom. The first-order valence-corrected chi connectivity index (χ1v) is 7.51. The molecule has 6 heteroatoms. The van der Waals surface area contributed by atoms with Gasteiger partial charge in [-0.1, -0.05) is 6.92 Å². The predicted octanol–water partition coefficient (Wildman–Crippen LogP) is 1.27. The van der Waals surface area contributed by atoms with E-state index in [1.54, 1.807) is 0 Å². The van der Waals surface area contributed by atoms with Gasteiger partial charge in [0, 0.05) is 25.6 Å². The van der Waals surface area contributed by atoms with E-state index in [1.807, 2.05) is 18.7 Å². The molecule has 2 amide bonds. The molecule has 0 radical (unpaired) electrons. The highest BCUT2D eigenvalue weighted by Gasteiger charge is 2.23. The zero-order valence-electron chi connectivity index (χ0n) is 12.5. The summed E-state index contributed by atoms with van der Waals surface area (Å²) in [6.07, 6.45) is 2.74. The monoisotopic (exact) mass is 285 g/mol. The lowest BCUT2D eigenvalue weighted by molar-refractivity contribution is -0.137. The van der Waals surface area contributed by atoms with Crippen LogP contribution in [-0.4, -0.2) is 54.2 Å². The van der Waals surface area contributed by atoms with Gasteiger partial charge in [0.1, 0.15) is 0 Å².